The summed E-state index contributed by atoms with van der Waals surface area (Å²) < 4.78 is 0. The number of rotatable bonds is 7. The number of aliphatic hydroxyl groups excluding tert-OH is 1. The lowest BCUT2D eigenvalue weighted by Crippen LogP contribution is -2.48. The van der Waals surface area contributed by atoms with Crippen LogP contribution in [0, 0.1) is 0 Å². The van der Waals surface area contributed by atoms with Gasteiger partial charge in [-0.05, 0) is 30.2 Å². The number of hydrogen-bond acceptors (Lipinski definition) is 4. The Kier molecular flexibility index (Phi) is 6.53. The van der Waals surface area contributed by atoms with Crippen molar-refractivity contribution >= 4 is 35.1 Å². The van der Waals surface area contributed by atoms with E-state index in [4.69, 9.17) is 23.2 Å². The highest BCUT2D eigenvalue weighted by molar-refractivity contribution is 6.33. The zero-order valence-corrected chi connectivity index (χ0v) is 16.5. The summed E-state index contributed by atoms with van der Waals surface area (Å²) in [5.74, 6) is -2.07. The minimum atomic E-state index is -1.82. The van der Waals surface area contributed by atoms with Crippen LogP contribution in [0.4, 0.5) is 0 Å². The Hall–Kier alpha value is -2.87. The number of carboxylic acids is 1. The molecule has 0 unspecified atom stereocenters. The molecule has 7 nitrogen and oxygen atoms in total. The summed E-state index contributed by atoms with van der Waals surface area (Å²) in [6.45, 7) is 0. The maximum Gasteiger partial charge on any atom is 0.334 e. The molecule has 4 N–H and O–H groups in total. The number of nitrogens with one attached hydrogen (secondary N) is 2. The van der Waals surface area contributed by atoms with E-state index >= 15 is 0 Å². The third kappa shape index (κ3) is 4.95. The highest BCUT2D eigenvalue weighted by Crippen LogP contribution is 2.26. The maximum atomic E-state index is 12.6. The van der Waals surface area contributed by atoms with Gasteiger partial charge in [-0.3, -0.25) is 9.89 Å². The second-order valence-corrected chi connectivity index (χ2v) is 7.12. The van der Waals surface area contributed by atoms with Gasteiger partial charge < -0.3 is 15.5 Å². The second-order valence-electron chi connectivity index (χ2n) is 6.31. The monoisotopic (exact) mass is 433 g/mol. The number of halogens is 2. The first-order valence-electron chi connectivity index (χ1n) is 8.62. The summed E-state index contributed by atoms with van der Waals surface area (Å²) in [4.78, 5) is 23.9. The van der Waals surface area contributed by atoms with Crippen LogP contribution in [-0.2, 0) is 11.2 Å². The third-order valence-electron chi connectivity index (χ3n) is 4.32. The van der Waals surface area contributed by atoms with Crippen LogP contribution in [0.5, 0.6) is 0 Å². The molecule has 2 atom stereocenters. The minimum absolute atomic E-state index is 0.0321. The molecule has 0 saturated carbocycles. The fraction of sp³-hybridized carbons (Fsp3) is 0.150. The smallest absolute Gasteiger partial charge is 0.334 e. The molecule has 150 valence electrons. The van der Waals surface area contributed by atoms with E-state index in [2.05, 4.69) is 15.5 Å². The highest BCUT2D eigenvalue weighted by atomic mass is 35.5. The predicted octanol–water partition coefficient (Wildman–Crippen LogP) is 3.17. The van der Waals surface area contributed by atoms with E-state index in [1.165, 1.54) is 6.07 Å². The fourth-order valence-corrected chi connectivity index (χ4v) is 3.25. The number of hydrogen-bond donors (Lipinski definition) is 4. The van der Waals surface area contributed by atoms with Gasteiger partial charge >= 0.3 is 5.97 Å². The van der Waals surface area contributed by atoms with Crippen molar-refractivity contribution in [3.05, 3.63) is 75.9 Å². The van der Waals surface area contributed by atoms with Gasteiger partial charge in [0.25, 0.3) is 5.91 Å². The molecule has 9 heteroatoms. The standard InChI is InChI=1S/C20H17Cl2N3O4/c21-13-7-3-1-5-11(13)9-16(18(26)20(28)29)23-19(27)17-10-15(24-25-17)12-6-2-4-8-14(12)22/h1-8,10,16,18,26H,9H2,(H,23,27)(H,24,25)(H,28,29)/t16-,18-/m1/s1. The SMILES string of the molecule is O=C(N[C@H](Cc1ccccc1Cl)[C@@H](O)C(=O)O)c1cc(-c2ccccc2Cl)n[nH]1. The summed E-state index contributed by atoms with van der Waals surface area (Å²) in [5.41, 5.74) is 1.80. The van der Waals surface area contributed by atoms with Gasteiger partial charge in [0.05, 0.1) is 16.8 Å². The van der Waals surface area contributed by atoms with Gasteiger partial charge in [0.15, 0.2) is 6.10 Å². The Morgan fingerprint density at radius 1 is 1.07 bits per heavy atom. The van der Waals surface area contributed by atoms with Crippen molar-refractivity contribution in [2.75, 3.05) is 0 Å². The number of amides is 1. The Labute approximate surface area is 176 Å². The molecule has 0 saturated heterocycles. The highest BCUT2D eigenvalue weighted by Gasteiger charge is 2.29. The Morgan fingerprint density at radius 3 is 2.38 bits per heavy atom. The Balaban J connectivity index is 1.81. The molecule has 0 fully saturated rings. The molecular weight excluding hydrogens is 417 g/mol. The number of carbonyl (C=O) groups is 2. The first-order valence-corrected chi connectivity index (χ1v) is 9.38. The third-order valence-corrected chi connectivity index (χ3v) is 5.02. The van der Waals surface area contributed by atoms with Crippen LogP contribution in [0.25, 0.3) is 11.3 Å². The molecule has 1 amide bonds. The molecule has 0 aliphatic carbocycles. The molecule has 3 aromatic rings. The van der Waals surface area contributed by atoms with Crippen molar-refractivity contribution in [1.29, 1.82) is 0 Å². The van der Waals surface area contributed by atoms with Crippen LogP contribution in [0.15, 0.2) is 54.6 Å². The predicted molar refractivity (Wildman–Crippen MR) is 109 cm³/mol. The number of aromatic nitrogens is 2. The number of H-pyrrole nitrogens is 1. The number of nitrogens with zero attached hydrogens (tertiary/aromatic N) is 1. The Bertz CT molecular complexity index is 1040. The summed E-state index contributed by atoms with van der Waals surface area (Å²) >= 11 is 12.3. The van der Waals surface area contributed by atoms with E-state index in [0.29, 0.717) is 26.9 Å². The lowest BCUT2D eigenvalue weighted by molar-refractivity contribution is -0.148. The van der Waals surface area contributed by atoms with Crippen LogP contribution in [0.1, 0.15) is 16.1 Å². The average Bonchev–Trinajstić information content (AvgIpc) is 3.19. The lowest BCUT2D eigenvalue weighted by atomic mass is 10.0. The molecule has 0 aliphatic rings. The van der Waals surface area contributed by atoms with Crippen LogP contribution in [-0.4, -0.2) is 44.4 Å². The quantitative estimate of drug-likeness (QED) is 0.456. The lowest BCUT2D eigenvalue weighted by Gasteiger charge is -2.21. The minimum Gasteiger partial charge on any atom is -0.479 e. The first kappa shape index (κ1) is 20.9. The van der Waals surface area contributed by atoms with E-state index in [9.17, 15) is 19.8 Å². The number of aliphatic hydroxyl groups is 1. The van der Waals surface area contributed by atoms with Crippen molar-refractivity contribution in [2.45, 2.75) is 18.6 Å². The molecule has 0 aliphatic heterocycles. The zero-order chi connectivity index (χ0) is 21.0. The van der Waals surface area contributed by atoms with Crippen molar-refractivity contribution in [2.24, 2.45) is 0 Å². The number of carbonyl (C=O) groups excluding carboxylic acids is 1. The first-order chi connectivity index (χ1) is 13.9. The molecule has 1 aromatic heterocycles. The molecular formula is C20H17Cl2N3O4. The normalized spacial score (nSPS) is 12.9. The Morgan fingerprint density at radius 2 is 1.72 bits per heavy atom. The van der Waals surface area contributed by atoms with Gasteiger partial charge in [-0.2, -0.15) is 5.10 Å². The topological polar surface area (TPSA) is 115 Å². The molecule has 0 bridgehead atoms. The van der Waals surface area contributed by atoms with Gasteiger partial charge in [-0.1, -0.05) is 59.6 Å². The van der Waals surface area contributed by atoms with Crippen molar-refractivity contribution in [3.63, 3.8) is 0 Å². The summed E-state index contributed by atoms with van der Waals surface area (Å²) in [6.07, 6.45) is -1.79. The van der Waals surface area contributed by atoms with Gasteiger partial charge in [0.1, 0.15) is 5.69 Å². The van der Waals surface area contributed by atoms with Crippen LogP contribution >= 0.6 is 23.2 Å². The molecule has 0 spiro atoms. The van der Waals surface area contributed by atoms with E-state index < -0.39 is 24.0 Å². The summed E-state index contributed by atoms with van der Waals surface area (Å²) in [7, 11) is 0. The summed E-state index contributed by atoms with van der Waals surface area (Å²) in [6, 6.07) is 14.2. The van der Waals surface area contributed by atoms with Crippen LogP contribution in [0.3, 0.4) is 0 Å². The van der Waals surface area contributed by atoms with Gasteiger partial charge in [-0.25, -0.2) is 4.79 Å². The van der Waals surface area contributed by atoms with E-state index in [1.807, 2.05) is 0 Å². The van der Waals surface area contributed by atoms with Crippen molar-refractivity contribution in [1.82, 2.24) is 15.5 Å². The van der Waals surface area contributed by atoms with E-state index in [1.54, 1.807) is 48.5 Å². The van der Waals surface area contributed by atoms with Crippen molar-refractivity contribution < 1.29 is 19.8 Å². The number of aromatic amines is 1. The average molecular weight is 434 g/mol. The maximum absolute atomic E-state index is 12.6. The van der Waals surface area contributed by atoms with Gasteiger partial charge in [-0.15, -0.1) is 0 Å². The second kappa shape index (κ2) is 9.09. The number of benzene rings is 2. The van der Waals surface area contributed by atoms with Gasteiger partial charge in [0.2, 0.25) is 0 Å². The molecule has 3 rings (SSSR count). The molecule has 1 heterocycles. The largest absolute Gasteiger partial charge is 0.479 e. The van der Waals surface area contributed by atoms with Crippen molar-refractivity contribution in [3.8, 4) is 11.3 Å². The number of aliphatic carboxylic acids is 1. The van der Waals surface area contributed by atoms with E-state index in [0.717, 1.165) is 0 Å². The van der Waals surface area contributed by atoms with Gasteiger partial charge in [0, 0.05) is 10.6 Å². The number of carboxylic acid groups (broad SMARTS) is 1. The molecule has 29 heavy (non-hydrogen) atoms. The van der Waals surface area contributed by atoms with Crippen LogP contribution < -0.4 is 5.32 Å². The molecule has 2 aromatic carbocycles. The zero-order valence-electron chi connectivity index (χ0n) is 15.0. The van der Waals surface area contributed by atoms with Crippen LogP contribution in [0.2, 0.25) is 10.0 Å². The fourth-order valence-electron chi connectivity index (χ4n) is 2.81. The summed E-state index contributed by atoms with van der Waals surface area (Å²) in [5, 5.41) is 29.4. The van der Waals surface area contributed by atoms with E-state index in [-0.39, 0.29) is 12.1 Å². The molecule has 0 radical (unpaired) electrons.